The van der Waals surface area contributed by atoms with Crippen molar-refractivity contribution in [3.63, 3.8) is 0 Å². The molecule has 1 fully saturated rings. The number of likely N-dealkylation sites (tertiary alicyclic amines) is 1. The Bertz CT molecular complexity index is 1580. The minimum Gasteiger partial charge on any atom is -0.457 e. The van der Waals surface area contributed by atoms with Gasteiger partial charge in [0, 0.05) is 47.5 Å². The van der Waals surface area contributed by atoms with Crippen LogP contribution < -0.4 is 15.4 Å². The third-order valence-corrected chi connectivity index (χ3v) is 6.99. The number of hydrogen-bond acceptors (Lipinski definition) is 6. The van der Waals surface area contributed by atoms with Gasteiger partial charge in [0.1, 0.15) is 23.4 Å². The normalized spacial score (nSPS) is 17.2. The van der Waals surface area contributed by atoms with E-state index in [0.29, 0.717) is 17.2 Å². The first-order valence-corrected chi connectivity index (χ1v) is 13.4. The van der Waals surface area contributed by atoms with Crippen molar-refractivity contribution in [1.82, 2.24) is 25.5 Å². The van der Waals surface area contributed by atoms with Gasteiger partial charge in [-0.05, 0) is 61.5 Å². The summed E-state index contributed by atoms with van der Waals surface area (Å²) < 4.78 is 49.4. The van der Waals surface area contributed by atoms with Crippen molar-refractivity contribution in [3.05, 3.63) is 90.1 Å². The molecule has 0 bridgehead atoms. The molecule has 1 saturated heterocycles. The summed E-state index contributed by atoms with van der Waals surface area (Å²) in [6.07, 6.45) is 2.11. The summed E-state index contributed by atoms with van der Waals surface area (Å²) >= 11 is 0. The van der Waals surface area contributed by atoms with E-state index in [1.54, 1.807) is 37.5 Å². The molecule has 3 atom stereocenters. The van der Waals surface area contributed by atoms with Crippen LogP contribution in [0, 0.1) is 5.82 Å². The minimum absolute atomic E-state index is 0.137. The molecule has 1 aliphatic rings. The van der Waals surface area contributed by atoms with Crippen LogP contribution in [-0.4, -0.2) is 64.4 Å². The van der Waals surface area contributed by atoms with Crippen molar-refractivity contribution in [1.29, 1.82) is 0 Å². The van der Waals surface area contributed by atoms with E-state index in [9.17, 15) is 27.6 Å². The van der Waals surface area contributed by atoms with Gasteiger partial charge in [-0.1, -0.05) is 6.07 Å². The highest BCUT2D eigenvalue weighted by atomic mass is 19.3. The number of halogens is 3. The molecule has 2 aromatic heterocycles. The summed E-state index contributed by atoms with van der Waals surface area (Å²) in [5.74, 6) is -1.53. The van der Waals surface area contributed by atoms with Crippen molar-refractivity contribution in [2.75, 3.05) is 13.1 Å². The van der Waals surface area contributed by atoms with E-state index >= 15 is 0 Å². The molecule has 2 aromatic carbocycles. The highest BCUT2D eigenvalue weighted by Crippen LogP contribution is 2.25. The molecule has 0 spiro atoms. The standard InChI is InChI=1S/C30H28F3N5O5/c1-17(25-12-19-14-34-10-9-24(19)37-25)36-29(41)26-13-23(43-30(32)33)16-38(26)27(39)15-35-28(40)18-3-2-4-22(11-18)42-21-7-5-20(31)6-8-21/h2-12,14,17,23,26,30,37H,13,15-16H2,1H3,(H,35,40)(H,36,41)/t17-,23-,26?/m1/s1. The lowest BCUT2D eigenvalue weighted by Crippen LogP contribution is -2.49. The number of carbonyl (C=O) groups excluding carboxylic acids is 3. The quantitative estimate of drug-likeness (QED) is 0.251. The molecule has 4 aromatic rings. The summed E-state index contributed by atoms with van der Waals surface area (Å²) in [6.45, 7) is -2.06. The lowest BCUT2D eigenvalue weighted by atomic mass is 10.1. The van der Waals surface area contributed by atoms with Gasteiger partial charge in [-0.2, -0.15) is 8.78 Å². The second-order valence-electron chi connectivity index (χ2n) is 10.0. The van der Waals surface area contributed by atoms with Gasteiger partial charge in [-0.3, -0.25) is 19.4 Å². The second-order valence-corrected chi connectivity index (χ2v) is 10.0. The van der Waals surface area contributed by atoms with Crippen molar-refractivity contribution < 1.29 is 37.0 Å². The summed E-state index contributed by atoms with van der Waals surface area (Å²) in [5, 5.41) is 6.18. The van der Waals surface area contributed by atoms with E-state index in [4.69, 9.17) is 4.74 Å². The number of benzene rings is 2. The SMILES string of the molecule is C[C@@H](NC(=O)C1C[C@@H](OC(F)F)CN1C(=O)CNC(=O)c1cccc(Oc2ccc(F)cc2)c1)c1cc2cnccc2[nH]1. The molecule has 0 saturated carbocycles. The molecule has 43 heavy (non-hydrogen) atoms. The van der Waals surface area contributed by atoms with Crippen molar-refractivity contribution in [2.45, 2.75) is 38.1 Å². The van der Waals surface area contributed by atoms with E-state index in [0.717, 1.165) is 15.8 Å². The zero-order valence-corrected chi connectivity index (χ0v) is 22.9. The second kappa shape index (κ2) is 12.9. The molecule has 3 amide bonds. The molecule has 3 N–H and O–H groups in total. The maximum absolute atomic E-state index is 13.3. The Morgan fingerprint density at radius 1 is 1.09 bits per heavy atom. The van der Waals surface area contributed by atoms with Crippen LogP contribution in [-0.2, 0) is 14.3 Å². The Morgan fingerprint density at radius 2 is 1.88 bits per heavy atom. The summed E-state index contributed by atoms with van der Waals surface area (Å²) in [5.41, 5.74) is 1.72. The lowest BCUT2D eigenvalue weighted by molar-refractivity contribution is -0.160. The number of ether oxygens (including phenoxy) is 2. The smallest absolute Gasteiger partial charge is 0.345 e. The maximum atomic E-state index is 13.3. The molecule has 5 rings (SSSR count). The highest BCUT2D eigenvalue weighted by Gasteiger charge is 2.41. The highest BCUT2D eigenvalue weighted by molar-refractivity contribution is 5.97. The molecular formula is C30H28F3N5O5. The Morgan fingerprint density at radius 3 is 2.63 bits per heavy atom. The molecule has 13 heteroatoms. The number of carbonyl (C=O) groups is 3. The third kappa shape index (κ3) is 7.30. The monoisotopic (exact) mass is 595 g/mol. The molecule has 0 aliphatic carbocycles. The molecule has 3 heterocycles. The first-order chi connectivity index (χ1) is 20.7. The fourth-order valence-electron chi connectivity index (χ4n) is 4.88. The van der Waals surface area contributed by atoms with Gasteiger partial charge >= 0.3 is 6.61 Å². The van der Waals surface area contributed by atoms with E-state index in [2.05, 4.69) is 25.3 Å². The predicted molar refractivity (Wildman–Crippen MR) is 149 cm³/mol. The summed E-state index contributed by atoms with van der Waals surface area (Å²) in [7, 11) is 0. The van der Waals surface area contributed by atoms with Crippen molar-refractivity contribution >= 4 is 28.6 Å². The van der Waals surface area contributed by atoms with Gasteiger partial charge in [0.15, 0.2) is 0 Å². The molecule has 1 aliphatic heterocycles. The largest absolute Gasteiger partial charge is 0.457 e. The maximum Gasteiger partial charge on any atom is 0.345 e. The molecular weight excluding hydrogens is 567 g/mol. The van der Waals surface area contributed by atoms with Crippen LogP contribution in [0.4, 0.5) is 13.2 Å². The number of aromatic amines is 1. The van der Waals surface area contributed by atoms with Crippen molar-refractivity contribution in [3.8, 4) is 11.5 Å². The van der Waals surface area contributed by atoms with Crippen LogP contribution in [0.25, 0.3) is 10.9 Å². The fraction of sp³-hybridized carbons (Fsp3) is 0.267. The van der Waals surface area contributed by atoms with Gasteiger partial charge in [-0.15, -0.1) is 0 Å². The van der Waals surface area contributed by atoms with Gasteiger partial charge in [0.25, 0.3) is 5.91 Å². The predicted octanol–water partition coefficient (Wildman–Crippen LogP) is 4.31. The van der Waals surface area contributed by atoms with Gasteiger partial charge in [0.05, 0.1) is 18.7 Å². The number of alkyl halides is 2. The number of fused-ring (bicyclic) bond motifs is 1. The van der Waals surface area contributed by atoms with Crippen LogP contribution in [0.3, 0.4) is 0 Å². The zero-order chi connectivity index (χ0) is 30.5. The number of amides is 3. The lowest BCUT2D eigenvalue weighted by Gasteiger charge is -2.25. The number of H-pyrrole nitrogens is 1. The third-order valence-electron chi connectivity index (χ3n) is 6.99. The van der Waals surface area contributed by atoms with Crippen LogP contribution in [0.1, 0.15) is 35.4 Å². The summed E-state index contributed by atoms with van der Waals surface area (Å²) in [4.78, 5) is 47.6. The van der Waals surface area contributed by atoms with E-state index < -0.39 is 54.9 Å². The molecule has 1 unspecified atom stereocenters. The van der Waals surface area contributed by atoms with Crippen LogP contribution in [0.5, 0.6) is 11.5 Å². The van der Waals surface area contributed by atoms with Crippen LogP contribution in [0.2, 0.25) is 0 Å². The Hall–Kier alpha value is -4.91. The van der Waals surface area contributed by atoms with Crippen molar-refractivity contribution in [2.24, 2.45) is 0 Å². The summed E-state index contributed by atoms with van der Waals surface area (Å²) in [6, 6.07) is 13.5. The fourth-order valence-corrected chi connectivity index (χ4v) is 4.88. The van der Waals surface area contributed by atoms with E-state index in [-0.39, 0.29) is 18.5 Å². The Kier molecular flexibility index (Phi) is 8.90. The minimum atomic E-state index is -3.08. The molecule has 224 valence electrons. The van der Waals surface area contributed by atoms with E-state index in [1.807, 2.05) is 6.07 Å². The zero-order valence-electron chi connectivity index (χ0n) is 22.9. The molecule has 10 nitrogen and oxygen atoms in total. The average molecular weight is 596 g/mol. The number of nitrogens with zero attached hydrogens (tertiary/aromatic N) is 2. The topological polar surface area (TPSA) is 126 Å². The number of rotatable bonds is 10. The Labute approximate surface area is 244 Å². The first-order valence-electron chi connectivity index (χ1n) is 13.4. The number of nitrogens with one attached hydrogen (secondary N) is 3. The first kappa shape index (κ1) is 29.6. The van der Waals surface area contributed by atoms with Crippen LogP contribution in [0.15, 0.2) is 73.1 Å². The van der Waals surface area contributed by atoms with Gasteiger partial charge < -0.3 is 30.0 Å². The number of hydrogen-bond donors (Lipinski definition) is 3. The number of pyridine rings is 1. The van der Waals surface area contributed by atoms with Crippen LogP contribution >= 0.6 is 0 Å². The van der Waals surface area contributed by atoms with Gasteiger partial charge in [-0.25, -0.2) is 4.39 Å². The Balaban J connectivity index is 1.22. The van der Waals surface area contributed by atoms with Gasteiger partial charge in [0.2, 0.25) is 11.8 Å². The van der Waals surface area contributed by atoms with E-state index in [1.165, 1.54) is 36.4 Å². The number of aromatic nitrogens is 2. The average Bonchev–Trinajstić information content (AvgIpc) is 3.61. The molecule has 0 radical (unpaired) electrons.